The van der Waals surface area contributed by atoms with Crippen molar-refractivity contribution in [3.63, 3.8) is 0 Å². The Morgan fingerprint density at radius 2 is 2.05 bits per heavy atom. The first-order valence-electron chi connectivity index (χ1n) is 8.41. The lowest BCUT2D eigenvalue weighted by atomic mass is 10.0. The highest BCUT2D eigenvalue weighted by atomic mass is 79.9. The Balaban J connectivity index is 1.64. The second-order valence-electron chi connectivity index (χ2n) is 6.86. The average Bonchev–Trinajstić information content (AvgIpc) is 3.09. The van der Waals surface area contributed by atoms with Gasteiger partial charge in [-0.05, 0) is 61.9 Å². The molecule has 2 unspecified atom stereocenters. The van der Waals surface area contributed by atoms with Crippen molar-refractivity contribution in [1.82, 2.24) is 10.2 Å². The van der Waals surface area contributed by atoms with E-state index in [2.05, 4.69) is 58.2 Å². The molecule has 1 saturated heterocycles. The molecule has 2 atom stereocenters. The van der Waals surface area contributed by atoms with Crippen molar-refractivity contribution in [1.29, 1.82) is 0 Å². The van der Waals surface area contributed by atoms with Crippen molar-refractivity contribution in [2.45, 2.75) is 51.6 Å². The lowest BCUT2D eigenvalue weighted by Crippen LogP contribution is -2.44. The maximum absolute atomic E-state index is 3.86. The van der Waals surface area contributed by atoms with E-state index in [1.807, 2.05) is 0 Å². The molecule has 0 amide bonds. The van der Waals surface area contributed by atoms with Gasteiger partial charge in [0.05, 0.1) is 0 Å². The SMILES string of the molecule is CC(C)C(CNC1CCc2c(Br)cccc21)N1CCCC1. The van der Waals surface area contributed by atoms with E-state index < -0.39 is 0 Å². The van der Waals surface area contributed by atoms with Crippen molar-refractivity contribution in [2.24, 2.45) is 5.92 Å². The Kier molecular flexibility index (Phi) is 5.03. The molecule has 1 aliphatic heterocycles. The van der Waals surface area contributed by atoms with Gasteiger partial charge in [-0.3, -0.25) is 4.90 Å². The summed E-state index contributed by atoms with van der Waals surface area (Å²) >= 11 is 3.70. The fourth-order valence-corrected chi connectivity index (χ4v) is 4.52. The molecule has 21 heavy (non-hydrogen) atoms. The normalized spacial score (nSPS) is 23.7. The van der Waals surface area contributed by atoms with Crippen LogP contribution in [0.1, 0.15) is 50.3 Å². The second-order valence-corrected chi connectivity index (χ2v) is 7.72. The number of rotatable bonds is 5. The highest BCUT2D eigenvalue weighted by molar-refractivity contribution is 9.10. The summed E-state index contributed by atoms with van der Waals surface area (Å²) in [6.45, 7) is 8.43. The zero-order chi connectivity index (χ0) is 14.8. The van der Waals surface area contributed by atoms with Crippen LogP contribution in [0.25, 0.3) is 0 Å². The highest BCUT2D eigenvalue weighted by Crippen LogP contribution is 2.35. The molecule has 2 aliphatic rings. The summed E-state index contributed by atoms with van der Waals surface area (Å²) in [6, 6.07) is 7.86. The Bertz CT molecular complexity index is 480. The number of hydrogen-bond donors (Lipinski definition) is 1. The molecule has 1 fully saturated rings. The first-order chi connectivity index (χ1) is 10.2. The topological polar surface area (TPSA) is 15.3 Å². The predicted octanol–water partition coefficient (Wildman–Crippen LogP) is 4.15. The third kappa shape index (κ3) is 3.35. The van der Waals surface area contributed by atoms with Crippen molar-refractivity contribution in [2.75, 3.05) is 19.6 Å². The monoisotopic (exact) mass is 350 g/mol. The van der Waals surface area contributed by atoms with E-state index in [1.165, 1.54) is 54.4 Å². The quantitative estimate of drug-likeness (QED) is 0.858. The van der Waals surface area contributed by atoms with Gasteiger partial charge in [0.1, 0.15) is 0 Å². The summed E-state index contributed by atoms with van der Waals surface area (Å²) in [5.41, 5.74) is 3.02. The molecule has 1 heterocycles. The number of nitrogens with zero attached hydrogens (tertiary/aromatic N) is 1. The van der Waals surface area contributed by atoms with Crippen LogP contribution >= 0.6 is 15.9 Å². The van der Waals surface area contributed by atoms with Crippen LogP contribution in [-0.4, -0.2) is 30.6 Å². The van der Waals surface area contributed by atoms with Crippen molar-refractivity contribution < 1.29 is 0 Å². The molecule has 1 aromatic rings. The molecule has 0 aromatic heterocycles. The average molecular weight is 351 g/mol. The van der Waals surface area contributed by atoms with Gasteiger partial charge < -0.3 is 5.32 Å². The first-order valence-corrected chi connectivity index (χ1v) is 9.21. The Hall–Kier alpha value is -0.380. The first kappa shape index (κ1) is 15.5. The van der Waals surface area contributed by atoms with Crippen LogP contribution in [0.4, 0.5) is 0 Å². The summed E-state index contributed by atoms with van der Waals surface area (Å²) in [6.07, 6.45) is 5.19. The Labute approximate surface area is 137 Å². The summed E-state index contributed by atoms with van der Waals surface area (Å²) < 4.78 is 1.28. The molecule has 1 aliphatic carbocycles. The van der Waals surface area contributed by atoms with Gasteiger partial charge >= 0.3 is 0 Å². The smallest absolute Gasteiger partial charge is 0.0327 e. The van der Waals surface area contributed by atoms with Gasteiger partial charge in [0.2, 0.25) is 0 Å². The molecular formula is C18H27BrN2. The minimum atomic E-state index is 0.543. The van der Waals surface area contributed by atoms with Crippen molar-refractivity contribution in [3.05, 3.63) is 33.8 Å². The van der Waals surface area contributed by atoms with Gasteiger partial charge in [0.15, 0.2) is 0 Å². The third-order valence-electron chi connectivity index (χ3n) is 5.17. The lowest BCUT2D eigenvalue weighted by Gasteiger charge is -2.32. The highest BCUT2D eigenvalue weighted by Gasteiger charge is 2.28. The molecule has 0 spiro atoms. The van der Waals surface area contributed by atoms with E-state index in [-0.39, 0.29) is 0 Å². The summed E-state index contributed by atoms with van der Waals surface area (Å²) in [5, 5.41) is 3.86. The zero-order valence-corrected chi connectivity index (χ0v) is 14.8. The summed E-state index contributed by atoms with van der Waals surface area (Å²) in [7, 11) is 0. The number of benzene rings is 1. The van der Waals surface area contributed by atoms with Crippen molar-refractivity contribution >= 4 is 15.9 Å². The molecule has 3 rings (SSSR count). The van der Waals surface area contributed by atoms with Gasteiger partial charge in [-0.25, -0.2) is 0 Å². The van der Waals surface area contributed by atoms with Gasteiger partial charge in [-0.1, -0.05) is 41.9 Å². The van der Waals surface area contributed by atoms with Crippen LogP contribution in [0.5, 0.6) is 0 Å². The molecule has 2 nitrogen and oxygen atoms in total. The molecule has 0 radical (unpaired) electrons. The van der Waals surface area contributed by atoms with Crippen LogP contribution in [0.2, 0.25) is 0 Å². The molecule has 3 heteroatoms. The van der Waals surface area contributed by atoms with E-state index in [9.17, 15) is 0 Å². The molecular weight excluding hydrogens is 324 g/mol. The molecule has 0 saturated carbocycles. The van der Waals surface area contributed by atoms with E-state index in [0.717, 1.165) is 12.5 Å². The van der Waals surface area contributed by atoms with Crippen LogP contribution in [0.15, 0.2) is 22.7 Å². The van der Waals surface area contributed by atoms with E-state index in [4.69, 9.17) is 0 Å². The Morgan fingerprint density at radius 3 is 2.76 bits per heavy atom. The molecule has 1 aromatic carbocycles. The fourth-order valence-electron chi connectivity index (χ4n) is 3.94. The van der Waals surface area contributed by atoms with E-state index in [0.29, 0.717) is 12.1 Å². The molecule has 1 N–H and O–H groups in total. The lowest BCUT2D eigenvalue weighted by molar-refractivity contribution is 0.182. The zero-order valence-electron chi connectivity index (χ0n) is 13.2. The van der Waals surface area contributed by atoms with Gasteiger partial charge in [0.25, 0.3) is 0 Å². The van der Waals surface area contributed by atoms with Crippen LogP contribution in [-0.2, 0) is 6.42 Å². The van der Waals surface area contributed by atoms with Gasteiger partial charge in [0, 0.05) is 23.1 Å². The van der Waals surface area contributed by atoms with Crippen molar-refractivity contribution in [3.8, 4) is 0 Å². The van der Waals surface area contributed by atoms with E-state index in [1.54, 1.807) is 0 Å². The number of hydrogen-bond acceptors (Lipinski definition) is 2. The number of fused-ring (bicyclic) bond motifs is 1. The second kappa shape index (κ2) is 6.80. The number of nitrogens with one attached hydrogen (secondary N) is 1. The fraction of sp³-hybridized carbons (Fsp3) is 0.667. The van der Waals surface area contributed by atoms with Crippen LogP contribution in [0.3, 0.4) is 0 Å². The van der Waals surface area contributed by atoms with E-state index >= 15 is 0 Å². The molecule has 0 bridgehead atoms. The number of halogens is 1. The minimum absolute atomic E-state index is 0.543. The summed E-state index contributed by atoms with van der Waals surface area (Å²) in [5.74, 6) is 0.721. The third-order valence-corrected chi connectivity index (χ3v) is 5.91. The summed E-state index contributed by atoms with van der Waals surface area (Å²) in [4.78, 5) is 2.69. The maximum atomic E-state index is 3.86. The Morgan fingerprint density at radius 1 is 1.29 bits per heavy atom. The number of likely N-dealkylation sites (tertiary alicyclic amines) is 1. The van der Waals surface area contributed by atoms with Gasteiger partial charge in [-0.15, -0.1) is 0 Å². The predicted molar refractivity (Wildman–Crippen MR) is 92.6 cm³/mol. The minimum Gasteiger partial charge on any atom is -0.308 e. The van der Waals surface area contributed by atoms with Crippen LogP contribution in [0, 0.1) is 5.92 Å². The van der Waals surface area contributed by atoms with Gasteiger partial charge in [-0.2, -0.15) is 0 Å². The molecule has 116 valence electrons. The maximum Gasteiger partial charge on any atom is 0.0327 e. The largest absolute Gasteiger partial charge is 0.308 e. The van der Waals surface area contributed by atoms with Crippen LogP contribution < -0.4 is 5.32 Å². The standard InChI is InChI=1S/C18H27BrN2/c1-13(2)18(21-10-3-4-11-21)12-20-17-9-8-14-15(17)6-5-7-16(14)19/h5-7,13,17-18,20H,3-4,8-12H2,1-2H3.